The Morgan fingerprint density at radius 2 is 1.81 bits per heavy atom. The summed E-state index contributed by atoms with van der Waals surface area (Å²) in [6.07, 6.45) is 0. The quantitative estimate of drug-likeness (QED) is 0.837. The molecule has 0 fully saturated rings. The Kier molecular flexibility index (Phi) is 4.43. The van der Waals surface area contributed by atoms with E-state index in [2.05, 4.69) is 21.2 Å². The van der Waals surface area contributed by atoms with Crippen LogP contribution in [0.3, 0.4) is 0 Å². The molecule has 110 valence electrons. The van der Waals surface area contributed by atoms with Crippen molar-refractivity contribution in [3.05, 3.63) is 58.1 Å². The molecule has 0 spiro atoms. The summed E-state index contributed by atoms with van der Waals surface area (Å²) in [6, 6.07) is 10.4. The molecule has 0 radical (unpaired) electrons. The van der Waals surface area contributed by atoms with Crippen LogP contribution in [0.15, 0.2) is 51.8 Å². The van der Waals surface area contributed by atoms with Crippen LogP contribution in [-0.4, -0.2) is 14.3 Å². The van der Waals surface area contributed by atoms with E-state index in [4.69, 9.17) is 0 Å². The minimum Gasteiger partial charge on any atom is -0.321 e. The summed E-state index contributed by atoms with van der Waals surface area (Å²) in [6.45, 7) is 1.82. The Balaban J connectivity index is 2.40. The normalized spacial score (nSPS) is 11.2. The minimum absolute atomic E-state index is 0.0987. The smallest absolute Gasteiger partial charge is 0.321 e. The molecular weight excluding hydrogens is 361 g/mol. The van der Waals surface area contributed by atoms with Gasteiger partial charge in [-0.15, -0.1) is 3.89 Å². The van der Waals surface area contributed by atoms with Crippen molar-refractivity contribution >= 4 is 37.7 Å². The maximum Gasteiger partial charge on any atom is 0.334 e. The summed E-state index contributed by atoms with van der Waals surface area (Å²) in [5.74, 6) is -0.526. The van der Waals surface area contributed by atoms with E-state index >= 15 is 0 Å². The number of carbonyl (C=O) groups is 1. The Labute approximate surface area is 130 Å². The lowest BCUT2D eigenvalue weighted by Gasteiger charge is -2.10. The highest BCUT2D eigenvalue weighted by Gasteiger charge is 2.19. The molecule has 0 aliphatic heterocycles. The number of hydrogen-bond donors (Lipinski definition) is 1. The van der Waals surface area contributed by atoms with Gasteiger partial charge in [0, 0.05) is 4.47 Å². The summed E-state index contributed by atoms with van der Waals surface area (Å²) in [5, 5.41) is 2.41. The van der Waals surface area contributed by atoms with Gasteiger partial charge < -0.3 is 5.32 Å². The van der Waals surface area contributed by atoms with Crippen molar-refractivity contribution in [2.24, 2.45) is 0 Å². The molecule has 21 heavy (non-hydrogen) atoms. The Morgan fingerprint density at radius 1 is 1.14 bits per heavy atom. The number of nitrogens with one attached hydrogen (secondary N) is 1. The van der Waals surface area contributed by atoms with E-state index in [0.717, 1.165) is 11.6 Å². The van der Waals surface area contributed by atoms with E-state index in [-0.39, 0.29) is 5.69 Å². The topological polar surface area (TPSA) is 63.2 Å². The summed E-state index contributed by atoms with van der Waals surface area (Å²) in [4.78, 5) is 11.6. The molecule has 2 aromatic carbocycles. The van der Waals surface area contributed by atoms with E-state index in [1.54, 1.807) is 12.1 Å². The van der Waals surface area contributed by atoms with Gasteiger partial charge in [-0.25, -0.2) is 0 Å². The number of amides is 1. The molecule has 2 aromatic rings. The standard InChI is InChI=1S/C14H11BrFNO3S/c1-9-5-4-6-10(13(9)15)14(18)17-11-7-2-3-8-12(11)21(16,19)20/h2-8H,1H3,(H,17,18). The Hall–Kier alpha value is -1.73. The van der Waals surface area contributed by atoms with Crippen LogP contribution in [0, 0.1) is 6.92 Å². The van der Waals surface area contributed by atoms with Gasteiger partial charge in [-0.2, -0.15) is 8.42 Å². The van der Waals surface area contributed by atoms with Gasteiger partial charge in [-0.05, 0) is 46.6 Å². The molecule has 0 heterocycles. The van der Waals surface area contributed by atoms with Crippen LogP contribution in [0.5, 0.6) is 0 Å². The summed E-state index contributed by atoms with van der Waals surface area (Å²) in [5.41, 5.74) is 1.09. The summed E-state index contributed by atoms with van der Waals surface area (Å²) in [7, 11) is -4.91. The first-order chi connectivity index (χ1) is 9.80. The average Bonchev–Trinajstić information content (AvgIpc) is 2.41. The first-order valence-corrected chi connectivity index (χ1v) is 8.08. The lowest BCUT2D eigenvalue weighted by molar-refractivity contribution is 0.102. The first-order valence-electron chi connectivity index (χ1n) is 5.91. The van der Waals surface area contributed by atoms with Gasteiger partial charge >= 0.3 is 10.2 Å². The van der Waals surface area contributed by atoms with Gasteiger partial charge in [0.2, 0.25) is 0 Å². The largest absolute Gasteiger partial charge is 0.334 e. The molecule has 0 aliphatic rings. The van der Waals surface area contributed by atoms with Crippen LogP contribution in [0.1, 0.15) is 15.9 Å². The third-order valence-corrected chi connectivity index (χ3v) is 4.77. The fourth-order valence-electron chi connectivity index (χ4n) is 1.79. The molecule has 7 heteroatoms. The second-order valence-electron chi connectivity index (χ2n) is 4.32. The van der Waals surface area contributed by atoms with Gasteiger partial charge in [0.1, 0.15) is 4.90 Å². The Morgan fingerprint density at radius 3 is 2.48 bits per heavy atom. The van der Waals surface area contributed by atoms with E-state index in [1.807, 2.05) is 13.0 Å². The van der Waals surface area contributed by atoms with Crippen LogP contribution in [0.2, 0.25) is 0 Å². The van der Waals surface area contributed by atoms with Crippen LogP contribution in [-0.2, 0) is 10.2 Å². The van der Waals surface area contributed by atoms with Crippen LogP contribution >= 0.6 is 15.9 Å². The molecule has 0 saturated carbocycles. The SMILES string of the molecule is Cc1cccc(C(=O)Nc2ccccc2S(=O)(=O)F)c1Br. The molecule has 1 amide bonds. The van der Waals surface area contributed by atoms with Crippen LogP contribution in [0.4, 0.5) is 9.57 Å². The zero-order chi connectivity index (χ0) is 15.6. The van der Waals surface area contributed by atoms with Crippen molar-refractivity contribution in [3.8, 4) is 0 Å². The summed E-state index contributed by atoms with van der Waals surface area (Å²) < 4.78 is 35.9. The minimum atomic E-state index is -4.91. The highest BCUT2D eigenvalue weighted by molar-refractivity contribution is 9.10. The van der Waals surface area contributed by atoms with Crippen molar-refractivity contribution in [2.45, 2.75) is 11.8 Å². The second kappa shape index (κ2) is 5.95. The van der Waals surface area contributed by atoms with E-state index in [1.165, 1.54) is 18.2 Å². The monoisotopic (exact) mass is 371 g/mol. The number of para-hydroxylation sites is 1. The predicted molar refractivity (Wildman–Crippen MR) is 81.6 cm³/mol. The third kappa shape index (κ3) is 3.48. The molecule has 2 rings (SSSR count). The van der Waals surface area contributed by atoms with E-state index < -0.39 is 21.0 Å². The van der Waals surface area contributed by atoms with Crippen molar-refractivity contribution in [2.75, 3.05) is 5.32 Å². The van der Waals surface area contributed by atoms with Crippen molar-refractivity contribution < 1.29 is 17.1 Å². The van der Waals surface area contributed by atoms with Crippen molar-refractivity contribution in [3.63, 3.8) is 0 Å². The van der Waals surface area contributed by atoms with Gasteiger partial charge in [-0.3, -0.25) is 4.79 Å². The van der Waals surface area contributed by atoms with E-state index in [0.29, 0.717) is 10.0 Å². The van der Waals surface area contributed by atoms with Gasteiger partial charge in [-0.1, -0.05) is 24.3 Å². The first kappa shape index (κ1) is 15.7. The molecule has 0 aromatic heterocycles. The fraction of sp³-hybridized carbons (Fsp3) is 0.0714. The van der Waals surface area contributed by atoms with Gasteiger partial charge in [0.15, 0.2) is 0 Å². The molecule has 0 unspecified atom stereocenters. The molecular formula is C14H11BrFNO3S. The Bertz CT molecular complexity index is 806. The maximum absolute atomic E-state index is 13.2. The lowest BCUT2D eigenvalue weighted by Crippen LogP contribution is -2.14. The van der Waals surface area contributed by atoms with Crippen LogP contribution in [0.25, 0.3) is 0 Å². The van der Waals surface area contributed by atoms with Gasteiger partial charge in [0.05, 0.1) is 11.3 Å². The number of aryl methyl sites for hydroxylation is 1. The number of carbonyl (C=O) groups excluding carboxylic acids is 1. The van der Waals surface area contributed by atoms with Gasteiger partial charge in [0.25, 0.3) is 5.91 Å². The molecule has 0 aliphatic carbocycles. The number of benzene rings is 2. The molecule has 4 nitrogen and oxygen atoms in total. The van der Waals surface area contributed by atoms with E-state index in [9.17, 15) is 17.1 Å². The fourth-order valence-corrected chi connectivity index (χ4v) is 2.86. The molecule has 0 atom stereocenters. The highest BCUT2D eigenvalue weighted by atomic mass is 79.9. The average molecular weight is 372 g/mol. The number of anilines is 1. The summed E-state index contributed by atoms with van der Waals surface area (Å²) >= 11 is 3.30. The molecule has 1 N–H and O–H groups in total. The number of rotatable bonds is 3. The van der Waals surface area contributed by atoms with Crippen LogP contribution < -0.4 is 5.32 Å². The number of hydrogen-bond acceptors (Lipinski definition) is 3. The molecule has 0 saturated heterocycles. The van der Waals surface area contributed by atoms with Crippen molar-refractivity contribution in [1.29, 1.82) is 0 Å². The number of halogens is 2. The molecule has 0 bridgehead atoms. The zero-order valence-corrected chi connectivity index (χ0v) is 13.3. The third-order valence-electron chi connectivity index (χ3n) is 2.83. The maximum atomic E-state index is 13.2. The van der Waals surface area contributed by atoms with Crippen molar-refractivity contribution in [1.82, 2.24) is 0 Å². The highest BCUT2D eigenvalue weighted by Crippen LogP contribution is 2.25. The lowest BCUT2D eigenvalue weighted by atomic mass is 10.1. The predicted octanol–water partition coefficient (Wildman–Crippen LogP) is 3.67. The zero-order valence-electron chi connectivity index (χ0n) is 10.9. The second-order valence-corrected chi connectivity index (χ2v) is 6.43.